The Bertz CT molecular complexity index is 4290. The van der Waals surface area contributed by atoms with Crippen LogP contribution in [0.2, 0.25) is 0 Å². The minimum Gasteiger partial charge on any atom is -0.505 e. The molecule has 6 nitrogen and oxygen atoms in total. The van der Waals surface area contributed by atoms with Crippen molar-refractivity contribution in [2.45, 2.75) is 250 Å². The highest BCUT2D eigenvalue weighted by atomic mass is 16.5. The number of fused-ring (bicyclic) bond motifs is 8. The van der Waals surface area contributed by atoms with Crippen molar-refractivity contribution in [1.82, 2.24) is 9.13 Å². The molecule has 506 valence electrons. The van der Waals surface area contributed by atoms with Crippen molar-refractivity contribution in [3.8, 4) is 56.6 Å². The molecule has 0 amide bonds. The second-order valence-corrected chi connectivity index (χ2v) is 37.1. The molecule has 0 unspecified atom stereocenters. The van der Waals surface area contributed by atoms with Crippen LogP contribution in [-0.4, -0.2) is 32.6 Å². The molecule has 0 atom stereocenters. The summed E-state index contributed by atoms with van der Waals surface area (Å²) in [5, 5.41) is 32.0. The lowest BCUT2D eigenvalue weighted by molar-refractivity contribution is 0.216. The van der Waals surface area contributed by atoms with Crippen LogP contribution in [0.5, 0.6) is 23.0 Å². The van der Waals surface area contributed by atoms with Gasteiger partial charge in [0.15, 0.2) is 0 Å². The summed E-state index contributed by atoms with van der Waals surface area (Å²) in [4.78, 5) is 0. The third-order valence-corrected chi connectivity index (χ3v) is 21.5. The average Bonchev–Trinajstić information content (AvgIpc) is 1.52. The summed E-state index contributed by atoms with van der Waals surface area (Å²) in [6.45, 7) is 55.9. The Morgan fingerprint density at radius 2 is 0.615 bits per heavy atom. The molecular formula is C90H112N2O4. The van der Waals surface area contributed by atoms with Crippen molar-refractivity contribution in [2.75, 3.05) is 13.2 Å². The molecule has 6 heteroatoms. The molecule has 2 aromatic heterocycles. The number of aromatic nitrogens is 2. The summed E-state index contributed by atoms with van der Waals surface area (Å²) in [6.07, 6.45) is 7.69. The zero-order chi connectivity index (χ0) is 69.7. The number of phenolic OH excluding ortho intramolecular Hbond substituents is 2. The summed E-state index contributed by atoms with van der Waals surface area (Å²) in [6, 6.07) is 41.5. The zero-order valence-electron chi connectivity index (χ0n) is 63.1. The third kappa shape index (κ3) is 12.7. The van der Waals surface area contributed by atoms with E-state index in [2.05, 4.69) is 284 Å². The van der Waals surface area contributed by atoms with Gasteiger partial charge in [0, 0.05) is 43.8 Å². The Labute approximate surface area is 575 Å². The van der Waals surface area contributed by atoms with Crippen LogP contribution in [0.15, 0.2) is 109 Å². The Morgan fingerprint density at radius 3 is 0.885 bits per heavy atom. The van der Waals surface area contributed by atoms with E-state index in [1.54, 1.807) is 0 Å². The summed E-state index contributed by atoms with van der Waals surface area (Å²) >= 11 is 0. The fourth-order valence-corrected chi connectivity index (χ4v) is 17.0. The first-order chi connectivity index (χ1) is 44.5. The van der Waals surface area contributed by atoms with Gasteiger partial charge in [-0.1, -0.05) is 201 Å². The number of aromatic hydroxyl groups is 2. The minimum atomic E-state index is -0.278. The van der Waals surface area contributed by atoms with Crippen molar-refractivity contribution in [2.24, 2.45) is 10.8 Å². The number of aryl methyl sites for hydroxylation is 2. The van der Waals surface area contributed by atoms with Gasteiger partial charge in [-0.05, 0) is 236 Å². The van der Waals surface area contributed by atoms with Crippen LogP contribution in [-0.2, 0) is 58.2 Å². The first-order valence-electron chi connectivity index (χ1n) is 36.0. The highest BCUT2D eigenvalue weighted by molar-refractivity contribution is 6.11. The van der Waals surface area contributed by atoms with Crippen LogP contribution in [0.1, 0.15) is 245 Å². The van der Waals surface area contributed by atoms with Crippen LogP contribution in [0, 0.1) is 24.7 Å². The Kier molecular flexibility index (Phi) is 16.9. The topological polar surface area (TPSA) is 68.8 Å². The number of benzene rings is 8. The zero-order valence-corrected chi connectivity index (χ0v) is 63.1. The van der Waals surface area contributed by atoms with Gasteiger partial charge < -0.3 is 28.8 Å². The van der Waals surface area contributed by atoms with E-state index in [9.17, 15) is 10.2 Å². The van der Waals surface area contributed by atoms with Gasteiger partial charge >= 0.3 is 0 Å². The van der Waals surface area contributed by atoms with Gasteiger partial charge in [0.25, 0.3) is 0 Å². The van der Waals surface area contributed by atoms with Crippen molar-refractivity contribution >= 4 is 43.6 Å². The van der Waals surface area contributed by atoms with Gasteiger partial charge in [-0.25, -0.2) is 0 Å². The maximum atomic E-state index is 13.6. The fraction of sp³-hybridized carbons (Fsp3) is 0.467. The Morgan fingerprint density at radius 1 is 0.333 bits per heavy atom. The normalized spacial score (nSPS) is 14.5. The van der Waals surface area contributed by atoms with Crippen molar-refractivity contribution < 1.29 is 19.7 Å². The Hall–Kier alpha value is -7.44. The number of hydrogen-bond donors (Lipinski definition) is 2. The highest BCUT2D eigenvalue weighted by Gasteiger charge is 2.36. The van der Waals surface area contributed by atoms with E-state index in [0.717, 1.165) is 119 Å². The van der Waals surface area contributed by atoms with Crippen LogP contribution < -0.4 is 9.47 Å². The molecule has 2 aliphatic carbocycles. The molecule has 12 rings (SSSR count). The monoisotopic (exact) mass is 1280 g/mol. The van der Waals surface area contributed by atoms with E-state index < -0.39 is 0 Å². The SMILES string of the molecule is Cc1cc(-c2cc(C(C)(C)CC(C)(C)C)cc(-n3c4cc(C(C)(C)C)ccc4c4ccc(C(C)(C)C)cc43)c2O)c(OCCOc2c(-c3cc(C(C)(C)CC(C)(C)C)cc(-n4c5cc(C(C)(C)C)ccc5c5ccc(C(C)(C)C)cc54)c3O)cc(C)c3c2CCC3)c2c1CCC2. The summed E-state index contributed by atoms with van der Waals surface area (Å²) in [7, 11) is 0. The van der Waals surface area contributed by atoms with E-state index >= 15 is 0 Å². The first kappa shape index (κ1) is 68.5. The molecule has 2 N–H and O–H groups in total. The molecule has 0 aliphatic heterocycles. The van der Waals surface area contributed by atoms with Crippen molar-refractivity contribution in [1.29, 1.82) is 0 Å². The van der Waals surface area contributed by atoms with Gasteiger partial charge in [0.1, 0.15) is 36.2 Å². The van der Waals surface area contributed by atoms with Crippen molar-refractivity contribution in [3.05, 3.63) is 176 Å². The lowest BCUT2D eigenvalue weighted by Crippen LogP contribution is -2.25. The van der Waals surface area contributed by atoms with Gasteiger partial charge in [-0.15, -0.1) is 0 Å². The quantitative estimate of drug-likeness (QED) is 0.113. The second-order valence-electron chi connectivity index (χ2n) is 37.1. The number of ether oxygens (including phenoxy) is 2. The molecule has 8 aromatic carbocycles. The summed E-state index contributed by atoms with van der Waals surface area (Å²) in [5.74, 6) is 2.14. The van der Waals surface area contributed by atoms with E-state index in [-0.39, 0.29) is 68.0 Å². The number of phenols is 2. The van der Waals surface area contributed by atoms with Gasteiger partial charge in [0.2, 0.25) is 0 Å². The van der Waals surface area contributed by atoms with Gasteiger partial charge in [-0.2, -0.15) is 0 Å². The molecule has 0 saturated heterocycles. The molecular weight excluding hydrogens is 1170 g/mol. The van der Waals surface area contributed by atoms with E-state index in [1.165, 1.54) is 88.3 Å². The molecule has 10 aromatic rings. The summed E-state index contributed by atoms with van der Waals surface area (Å²) < 4.78 is 19.5. The molecule has 2 heterocycles. The largest absolute Gasteiger partial charge is 0.505 e. The molecule has 0 fully saturated rings. The predicted molar refractivity (Wildman–Crippen MR) is 409 cm³/mol. The molecule has 0 bridgehead atoms. The molecule has 2 aliphatic rings. The number of hydrogen-bond acceptors (Lipinski definition) is 4. The van der Waals surface area contributed by atoms with Crippen molar-refractivity contribution in [3.63, 3.8) is 0 Å². The Balaban J connectivity index is 1.02. The van der Waals surface area contributed by atoms with E-state index in [1.807, 2.05) is 0 Å². The third-order valence-electron chi connectivity index (χ3n) is 21.5. The molecule has 96 heavy (non-hydrogen) atoms. The van der Waals surface area contributed by atoms with Gasteiger partial charge in [0.05, 0.1) is 33.4 Å². The average molecular weight is 1290 g/mol. The number of nitrogens with zero attached hydrogens (tertiary/aromatic N) is 2. The van der Waals surface area contributed by atoms with Crippen LogP contribution >= 0.6 is 0 Å². The standard InChI is InChI=1S/C90H112N2O4/c1-53-41-71(69-43-59(89(21,22)51-83(3,4)5)49-77(79(69)93)91-73-45-55(85(9,10)11)31-35-63(73)64-36-32-56(46-74(64)91)86(12,13)14)81(67-29-25-27-61(53)67)95-39-40-96-82-68-30-26-28-62(68)54(2)42-72(82)70-44-60(90(23,24)52-84(6,7)8)50-78(80(70)94)92-75-47-57(87(15,16)17)33-37-65(75)66-38-34-58(48-76(66)92)88(18,19)20/h31-38,41-50,93-94H,25-30,39-40,51-52H2,1-24H3. The smallest absolute Gasteiger partial charge is 0.147 e. The van der Waals surface area contributed by atoms with E-state index in [4.69, 9.17) is 9.47 Å². The molecule has 0 saturated carbocycles. The van der Waals surface area contributed by atoms with Gasteiger partial charge in [-0.3, -0.25) is 0 Å². The highest BCUT2D eigenvalue weighted by Crippen LogP contribution is 2.53. The molecule has 0 spiro atoms. The second kappa shape index (κ2) is 23.6. The molecule has 0 radical (unpaired) electrons. The fourth-order valence-electron chi connectivity index (χ4n) is 17.0. The minimum absolute atomic E-state index is 0.0274. The maximum absolute atomic E-state index is 13.6. The summed E-state index contributed by atoms with van der Waals surface area (Å²) in [5.41, 5.74) is 23.2. The first-order valence-corrected chi connectivity index (χ1v) is 36.0. The number of rotatable bonds is 13. The lowest BCUT2D eigenvalue weighted by Gasteiger charge is -2.34. The van der Waals surface area contributed by atoms with Crippen LogP contribution in [0.25, 0.3) is 77.2 Å². The van der Waals surface area contributed by atoms with Crippen LogP contribution in [0.3, 0.4) is 0 Å². The maximum Gasteiger partial charge on any atom is 0.147 e. The van der Waals surface area contributed by atoms with Crippen LogP contribution in [0.4, 0.5) is 0 Å². The predicted octanol–water partition coefficient (Wildman–Crippen LogP) is 24.3. The van der Waals surface area contributed by atoms with E-state index in [0.29, 0.717) is 0 Å². The lowest BCUT2D eigenvalue weighted by atomic mass is 9.71.